The fourth-order valence-electron chi connectivity index (χ4n) is 1.65. The van der Waals surface area contributed by atoms with Crippen molar-refractivity contribution in [3.8, 4) is 11.3 Å². The van der Waals surface area contributed by atoms with E-state index in [4.69, 9.17) is 4.52 Å². The maximum Gasteiger partial charge on any atom is 0.262 e. The van der Waals surface area contributed by atoms with Crippen LogP contribution in [-0.4, -0.2) is 0 Å². The minimum absolute atomic E-state index is 0. The molecule has 0 aliphatic carbocycles. The maximum absolute atomic E-state index is 12.8. The van der Waals surface area contributed by atoms with Crippen LogP contribution in [0.3, 0.4) is 0 Å². The van der Waals surface area contributed by atoms with Gasteiger partial charge in [0.25, 0.3) is 5.52 Å². The molecule has 0 fully saturated rings. The first kappa shape index (κ1) is 11.8. The molecule has 3 rings (SSSR count). The molecule has 0 atom stereocenters. The Kier molecular flexibility index (Phi) is 3.24. The zero-order valence-electron chi connectivity index (χ0n) is 8.81. The van der Waals surface area contributed by atoms with Crippen LogP contribution in [-0.2, 0) is 0 Å². The van der Waals surface area contributed by atoms with Gasteiger partial charge in [0, 0.05) is 22.3 Å². The van der Waals surface area contributed by atoms with E-state index in [0.717, 1.165) is 16.8 Å². The number of rotatable bonds is 1. The van der Waals surface area contributed by atoms with Gasteiger partial charge in [-0.2, -0.15) is 0 Å². The number of pyridine rings is 1. The zero-order chi connectivity index (χ0) is 11.0. The zero-order valence-corrected chi connectivity index (χ0v) is 10.4. The first-order chi connectivity index (χ1) is 7.83. The SMILES string of the molecule is Fc1ccc(-c2cc3cccc[n+]3o2)cc1.[Br-]. The van der Waals surface area contributed by atoms with Gasteiger partial charge in [0.05, 0.1) is 6.07 Å². The van der Waals surface area contributed by atoms with Gasteiger partial charge >= 0.3 is 0 Å². The topological polar surface area (TPSA) is 17.2 Å². The fraction of sp³-hybridized carbons (Fsp3) is 0. The van der Waals surface area contributed by atoms with Crippen LogP contribution in [0, 0.1) is 5.82 Å². The monoisotopic (exact) mass is 293 g/mol. The summed E-state index contributed by atoms with van der Waals surface area (Å²) < 4.78 is 20.0. The lowest BCUT2D eigenvalue weighted by Gasteiger charge is -1.91. The van der Waals surface area contributed by atoms with Crippen LogP contribution < -0.4 is 21.6 Å². The van der Waals surface area contributed by atoms with E-state index in [1.807, 2.05) is 30.5 Å². The number of hydrogen-bond donors (Lipinski definition) is 0. The summed E-state index contributed by atoms with van der Waals surface area (Å²) in [6.45, 7) is 0. The highest BCUT2D eigenvalue weighted by molar-refractivity contribution is 5.61. The molecule has 0 aliphatic heterocycles. The Morgan fingerprint density at radius 3 is 2.47 bits per heavy atom. The van der Waals surface area contributed by atoms with Crippen LogP contribution in [0.15, 0.2) is 59.3 Å². The largest absolute Gasteiger partial charge is 1.00 e. The highest BCUT2D eigenvalue weighted by Gasteiger charge is 2.12. The van der Waals surface area contributed by atoms with E-state index >= 15 is 0 Å². The number of aromatic nitrogens is 1. The molecule has 0 aliphatic rings. The van der Waals surface area contributed by atoms with E-state index in [0.29, 0.717) is 0 Å². The third-order valence-electron chi connectivity index (χ3n) is 2.46. The summed E-state index contributed by atoms with van der Waals surface area (Å²) in [7, 11) is 0. The summed E-state index contributed by atoms with van der Waals surface area (Å²) in [6, 6.07) is 14.0. The number of fused-ring (bicyclic) bond motifs is 1. The second-order valence-corrected chi connectivity index (χ2v) is 3.56. The molecule has 0 saturated carbocycles. The summed E-state index contributed by atoms with van der Waals surface area (Å²) >= 11 is 0. The Labute approximate surface area is 108 Å². The number of hydrogen-bond acceptors (Lipinski definition) is 1. The van der Waals surface area contributed by atoms with Crippen LogP contribution in [0.2, 0.25) is 0 Å². The van der Waals surface area contributed by atoms with Crippen molar-refractivity contribution in [3.05, 3.63) is 60.5 Å². The summed E-state index contributed by atoms with van der Waals surface area (Å²) in [5.41, 5.74) is 1.84. The molecule has 0 saturated heterocycles. The van der Waals surface area contributed by atoms with Gasteiger partial charge in [0.15, 0.2) is 0 Å². The molecule has 2 nitrogen and oxygen atoms in total. The maximum atomic E-state index is 12.8. The van der Waals surface area contributed by atoms with Crippen LogP contribution in [0.5, 0.6) is 0 Å². The van der Waals surface area contributed by atoms with E-state index in [1.54, 1.807) is 16.7 Å². The summed E-state index contributed by atoms with van der Waals surface area (Å²) in [4.78, 5) is 0. The van der Waals surface area contributed by atoms with E-state index in [1.165, 1.54) is 12.1 Å². The van der Waals surface area contributed by atoms with Gasteiger partial charge in [0.2, 0.25) is 12.0 Å². The van der Waals surface area contributed by atoms with Gasteiger partial charge in [-0.15, -0.1) is 0 Å². The van der Waals surface area contributed by atoms with Crippen LogP contribution in [0.4, 0.5) is 4.39 Å². The molecule has 0 spiro atoms. The van der Waals surface area contributed by atoms with Crippen LogP contribution in [0.25, 0.3) is 16.8 Å². The van der Waals surface area contributed by atoms with Crippen molar-refractivity contribution in [3.63, 3.8) is 0 Å². The van der Waals surface area contributed by atoms with E-state index in [-0.39, 0.29) is 22.8 Å². The van der Waals surface area contributed by atoms with Gasteiger partial charge in [0.1, 0.15) is 5.82 Å². The lowest BCUT2D eigenvalue weighted by atomic mass is 10.2. The summed E-state index contributed by atoms with van der Waals surface area (Å²) in [5, 5.41) is 0. The molecule has 2 heterocycles. The van der Waals surface area contributed by atoms with E-state index in [9.17, 15) is 4.39 Å². The van der Waals surface area contributed by atoms with Gasteiger partial charge in [-0.1, -0.05) is 0 Å². The van der Waals surface area contributed by atoms with Crippen molar-refractivity contribution in [2.45, 2.75) is 0 Å². The molecule has 0 amide bonds. The molecule has 3 aromatic rings. The predicted octanol–water partition coefficient (Wildman–Crippen LogP) is -0.172. The molecule has 17 heavy (non-hydrogen) atoms. The molecule has 0 bridgehead atoms. The molecule has 0 N–H and O–H groups in total. The van der Waals surface area contributed by atoms with Crippen LogP contribution in [0.1, 0.15) is 0 Å². The first-order valence-corrected chi connectivity index (χ1v) is 4.99. The number of halogens is 2. The number of benzene rings is 1. The molecule has 0 radical (unpaired) electrons. The molecule has 1 aromatic carbocycles. The number of nitrogens with zero attached hydrogens (tertiary/aromatic N) is 1. The smallest absolute Gasteiger partial charge is 0.262 e. The van der Waals surface area contributed by atoms with Gasteiger partial charge < -0.3 is 17.0 Å². The van der Waals surface area contributed by atoms with Crippen molar-refractivity contribution in [2.24, 2.45) is 0 Å². The highest BCUT2D eigenvalue weighted by Crippen LogP contribution is 2.19. The van der Waals surface area contributed by atoms with Crippen molar-refractivity contribution >= 4 is 5.52 Å². The lowest BCUT2D eigenvalue weighted by Crippen LogP contribution is -3.00. The molecular weight excluding hydrogens is 285 g/mol. The third-order valence-corrected chi connectivity index (χ3v) is 2.46. The third kappa shape index (κ3) is 2.22. The van der Waals surface area contributed by atoms with E-state index < -0.39 is 0 Å². The molecule has 0 unspecified atom stereocenters. The van der Waals surface area contributed by atoms with Crippen LogP contribution >= 0.6 is 0 Å². The fourth-order valence-corrected chi connectivity index (χ4v) is 1.65. The van der Waals surface area contributed by atoms with E-state index in [2.05, 4.69) is 0 Å². The molecule has 4 heteroatoms. The minimum atomic E-state index is -0.243. The second-order valence-electron chi connectivity index (χ2n) is 3.56. The Morgan fingerprint density at radius 2 is 1.76 bits per heavy atom. The lowest BCUT2D eigenvalue weighted by molar-refractivity contribution is -0.714. The Hall–Kier alpha value is -1.68. The second kappa shape index (κ2) is 4.67. The first-order valence-electron chi connectivity index (χ1n) is 4.99. The van der Waals surface area contributed by atoms with Gasteiger partial charge in [-0.25, -0.2) is 8.91 Å². The standard InChI is InChI=1S/C13H9FNO.BrH/c14-11-6-4-10(5-7-11)13-9-12-3-1-2-8-15(12)16-13;/h1-9H;1H/q+1;/p-1. The predicted molar refractivity (Wildman–Crippen MR) is 57.3 cm³/mol. The quantitative estimate of drug-likeness (QED) is 0.570. The van der Waals surface area contributed by atoms with Crippen molar-refractivity contribution in [1.29, 1.82) is 0 Å². The average molecular weight is 294 g/mol. The average Bonchev–Trinajstić information content (AvgIpc) is 2.73. The summed E-state index contributed by atoms with van der Waals surface area (Å²) in [6.07, 6.45) is 1.84. The Balaban J connectivity index is 0.00000108. The highest BCUT2D eigenvalue weighted by atomic mass is 79.9. The molecule has 2 aromatic heterocycles. The Bertz CT molecular complexity index is 600. The summed E-state index contributed by atoms with van der Waals surface area (Å²) in [5.74, 6) is 0.485. The van der Waals surface area contributed by atoms with Crippen molar-refractivity contribution in [2.75, 3.05) is 0 Å². The minimum Gasteiger partial charge on any atom is -1.00 e. The van der Waals surface area contributed by atoms with Crippen molar-refractivity contribution < 1.29 is 30.5 Å². The van der Waals surface area contributed by atoms with Gasteiger partial charge in [-0.3, -0.25) is 0 Å². The van der Waals surface area contributed by atoms with Gasteiger partial charge in [-0.05, 0) is 30.3 Å². The molecule has 86 valence electrons. The normalized spacial score (nSPS) is 10.2. The molecular formula is C13H9BrFNO. The Morgan fingerprint density at radius 1 is 1.00 bits per heavy atom. The van der Waals surface area contributed by atoms with Crippen molar-refractivity contribution in [1.82, 2.24) is 0 Å².